The first-order chi connectivity index (χ1) is 5.10. The van der Waals surface area contributed by atoms with Gasteiger partial charge in [0.05, 0.1) is 0 Å². The van der Waals surface area contributed by atoms with Crippen molar-refractivity contribution in [2.75, 3.05) is 6.54 Å². The van der Waals surface area contributed by atoms with Crippen molar-refractivity contribution in [3.8, 4) is 0 Å². The summed E-state index contributed by atoms with van der Waals surface area (Å²) in [5.74, 6) is 0. The standard InChI is InChI=1S/C8H18ClNSi/c1-5-8(4)11(9,7-3)10-6-2/h7-8,10H,3,5-6H2,1-2,4H3. The summed E-state index contributed by atoms with van der Waals surface area (Å²) in [5.41, 5.74) is 2.48. The number of nitrogens with one attached hydrogen (secondary N) is 1. The maximum Gasteiger partial charge on any atom is 0.252 e. The van der Waals surface area contributed by atoms with Crippen LogP contribution in [0.15, 0.2) is 12.3 Å². The zero-order chi connectivity index (χ0) is 8.91. The number of rotatable bonds is 5. The molecule has 0 aliphatic rings. The van der Waals surface area contributed by atoms with Crippen molar-refractivity contribution < 1.29 is 0 Å². The Morgan fingerprint density at radius 2 is 2.18 bits per heavy atom. The van der Waals surface area contributed by atoms with Crippen LogP contribution >= 0.6 is 11.1 Å². The van der Waals surface area contributed by atoms with E-state index in [9.17, 15) is 0 Å². The Morgan fingerprint density at radius 1 is 1.64 bits per heavy atom. The molecule has 0 bridgehead atoms. The summed E-state index contributed by atoms with van der Waals surface area (Å²) < 4.78 is 0. The highest BCUT2D eigenvalue weighted by Gasteiger charge is 2.32. The van der Waals surface area contributed by atoms with Crippen LogP contribution in [-0.2, 0) is 0 Å². The first-order valence-corrected chi connectivity index (χ1v) is 7.34. The fourth-order valence-corrected chi connectivity index (χ4v) is 3.91. The highest BCUT2D eigenvalue weighted by molar-refractivity contribution is 7.22. The summed E-state index contributed by atoms with van der Waals surface area (Å²) >= 11 is 6.38. The molecule has 0 spiro atoms. The predicted octanol–water partition coefficient (Wildman–Crippen LogP) is 2.80. The van der Waals surface area contributed by atoms with Gasteiger partial charge in [0.1, 0.15) is 0 Å². The Hall–Kier alpha value is 0.207. The van der Waals surface area contributed by atoms with Crippen LogP contribution in [0.2, 0.25) is 5.54 Å². The first-order valence-electron chi connectivity index (χ1n) is 4.18. The summed E-state index contributed by atoms with van der Waals surface area (Å²) in [6.07, 6.45) is 1.12. The minimum atomic E-state index is -1.84. The van der Waals surface area contributed by atoms with E-state index in [4.69, 9.17) is 11.1 Å². The number of halogens is 1. The molecule has 0 radical (unpaired) electrons. The number of hydrogen-bond acceptors (Lipinski definition) is 1. The second kappa shape index (κ2) is 4.96. The van der Waals surface area contributed by atoms with Crippen LogP contribution in [0.4, 0.5) is 0 Å². The van der Waals surface area contributed by atoms with E-state index in [1.807, 2.05) is 5.70 Å². The average Bonchev–Trinajstić information content (AvgIpc) is 2.03. The third-order valence-electron chi connectivity index (χ3n) is 2.07. The van der Waals surface area contributed by atoms with Gasteiger partial charge in [0.25, 0.3) is 7.55 Å². The Balaban J connectivity index is 4.18. The van der Waals surface area contributed by atoms with Crippen molar-refractivity contribution in [3.05, 3.63) is 12.3 Å². The van der Waals surface area contributed by atoms with Crippen LogP contribution in [0.25, 0.3) is 0 Å². The maximum atomic E-state index is 6.38. The normalized spacial score (nSPS) is 18.9. The van der Waals surface area contributed by atoms with E-state index in [1.54, 1.807) is 0 Å². The molecule has 1 nitrogen and oxygen atoms in total. The maximum absolute atomic E-state index is 6.38. The van der Waals surface area contributed by atoms with E-state index in [0.717, 1.165) is 13.0 Å². The number of hydrogen-bond donors (Lipinski definition) is 1. The molecule has 0 aromatic rings. The van der Waals surface area contributed by atoms with E-state index in [1.165, 1.54) is 0 Å². The molecule has 1 N–H and O–H groups in total. The van der Waals surface area contributed by atoms with Gasteiger partial charge in [-0.25, -0.2) is 0 Å². The van der Waals surface area contributed by atoms with Gasteiger partial charge in [-0.2, -0.15) is 0 Å². The van der Waals surface area contributed by atoms with Crippen molar-refractivity contribution in [2.24, 2.45) is 0 Å². The minimum absolute atomic E-state index is 0.557. The Labute approximate surface area is 75.6 Å². The van der Waals surface area contributed by atoms with Crippen molar-refractivity contribution in [3.63, 3.8) is 0 Å². The van der Waals surface area contributed by atoms with Crippen LogP contribution in [0.5, 0.6) is 0 Å². The van der Waals surface area contributed by atoms with Crippen LogP contribution in [0.1, 0.15) is 27.2 Å². The lowest BCUT2D eigenvalue weighted by atomic mass is 10.4. The van der Waals surface area contributed by atoms with Gasteiger partial charge in [-0.1, -0.05) is 32.9 Å². The summed E-state index contributed by atoms with van der Waals surface area (Å²) in [6.45, 7) is 11.2. The van der Waals surface area contributed by atoms with Crippen molar-refractivity contribution in [1.82, 2.24) is 4.98 Å². The Kier molecular flexibility index (Phi) is 5.05. The molecule has 66 valence electrons. The molecule has 0 fully saturated rings. The van der Waals surface area contributed by atoms with Gasteiger partial charge in [0, 0.05) is 0 Å². The van der Waals surface area contributed by atoms with Crippen molar-refractivity contribution in [2.45, 2.75) is 32.7 Å². The van der Waals surface area contributed by atoms with Crippen molar-refractivity contribution in [1.29, 1.82) is 0 Å². The van der Waals surface area contributed by atoms with E-state index in [-0.39, 0.29) is 0 Å². The van der Waals surface area contributed by atoms with E-state index >= 15 is 0 Å². The van der Waals surface area contributed by atoms with E-state index in [0.29, 0.717) is 5.54 Å². The molecule has 0 heterocycles. The van der Waals surface area contributed by atoms with Gasteiger partial charge in [0.2, 0.25) is 0 Å². The third kappa shape index (κ3) is 2.97. The molecule has 3 heteroatoms. The second-order valence-corrected chi connectivity index (χ2v) is 7.97. The second-order valence-electron chi connectivity index (χ2n) is 2.81. The zero-order valence-electron chi connectivity index (χ0n) is 7.65. The average molecular weight is 192 g/mol. The lowest BCUT2D eigenvalue weighted by Gasteiger charge is -2.26. The van der Waals surface area contributed by atoms with Crippen molar-refractivity contribution >= 4 is 18.6 Å². The molecule has 2 atom stereocenters. The van der Waals surface area contributed by atoms with Gasteiger partial charge in [-0.3, -0.25) is 0 Å². The molecule has 0 amide bonds. The largest absolute Gasteiger partial charge is 0.322 e. The van der Waals surface area contributed by atoms with Gasteiger partial charge in [-0.15, -0.1) is 17.7 Å². The lowest BCUT2D eigenvalue weighted by Crippen LogP contribution is -2.47. The smallest absolute Gasteiger partial charge is 0.252 e. The molecule has 0 saturated carbocycles. The SMILES string of the molecule is C=C[Si](Cl)(NCC)C(C)CC. The van der Waals surface area contributed by atoms with Gasteiger partial charge >= 0.3 is 0 Å². The molecule has 11 heavy (non-hydrogen) atoms. The highest BCUT2D eigenvalue weighted by atomic mass is 35.6. The van der Waals surface area contributed by atoms with Gasteiger partial charge in [-0.05, 0) is 12.1 Å². The Morgan fingerprint density at radius 3 is 2.45 bits per heavy atom. The molecular weight excluding hydrogens is 174 g/mol. The molecular formula is C8H18ClNSi. The van der Waals surface area contributed by atoms with Crippen LogP contribution in [0, 0.1) is 0 Å². The van der Waals surface area contributed by atoms with Gasteiger partial charge in [0.15, 0.2) is 0 Å². The molecule has 0 saturated heterocycles. The fraction of sp³-hybridized carbons (Fsp3) is 0.750. The van der Waals surface area contributed by atoms with E-state index < -0.39 is 7.55 Å². The highest BCUT2D eigenvalue weighted by Crippen LogP contribution is 2.26. The fourth-order valence-electron chi connectivity index (χ4n) is 1.02. The summed E-state index contributed by atoms with van der Waals surface area (Å²) in [5, 5.41) is 0. The molecule has 0 aromatic carbocycles. The minimum Gasteiger partial charge on any atom is -0.322 e. The molecule has 0 aliphatic heterocycles. The van der Waals surface area contributed by atoms with Crippen LogP contribution in [-0.4, -0.2) is 14.1 Å². The third-order valence-corrected chi connectivity index (χ3v) is 7.39. The van der Waals surface area contributed by atoms with Gasteiger partial charge < -0.3 is 4.98 Å². The topological polar surface area (TPSA) is 12.0 Å². The summed E-state index contributed by atoms with van der Waals surface area (Å²) in [6, 6.07) is 0. The molecule has 0 aromatic heterocycles. The zero-order valence-corrected chi connectivity index (χ0v) is 9.41. The lowest BCUT2D eigenvalue weighted by molar-refractivity contribution is 0.817. The molecule has 2 unspecified atom stereocenters. The first kappa shape index (κ1) is 11.2. The summed E-state index contributed by atoms with van der Waals surface area (Å²) in [4.78, 5) is 3.35. The van der Waals surface area contributed by atoms with Crippen LogP contribution in [0.3, 0.4) is 0 Å². The summed E-state index contributed by atoms with van der Waals surface area (Å²) in [7, 11) is -1.84. The monoisotopic (exact) mass is 191 g/mol. The quantitative estimate of drug-likeness (QED) is 0.521. The Bertz CT molecular complexity index is 129. The molecule has 0 rings (SSSR count). The predicted molar refractivity (Wildman–Crippen MR) is 55.2 cm³/mol. The van der Waals surface area contributed by atoms with E-state index in [2.05, 4.69) is 32.3 Å². The molecule has 0 aliphatic carbocycles. The van der Waals surface area contributed by atoms with Crippen LogP contribution < -0.4 is 4.98 Å².